The number of thioether (sulfide) groups is 1. The molecule has 2 rings (SSSR count). The summed E-state index contributed by atoms with van der Waals surface area (Å²) in [6.07, 6.45) is 2.02. The van der Waals surface area contributed by atoms with Crippen molar-refractivity contribution in [3.05, 3.63) is 28.7 Å². The lowest BCUT2D eigenvalue weighted by Crippen LogP contribution is -2.37. The lowest BCUT2D eigenvalue weighted by Gasteiger charge is -2.40. The standard InChI is InChI=1S/C12H12BrNS/c1-9-6-12(7-9,8-14)15-11-5-3-2-4-10(11)13/h2-5,9H,6-7H2,1H3. The van der Waals surface area contributed by atoms with Crippen LogP contribution in [0, 0.1) is 17.2 Å². The first kappa shape index (κ1) is 11.0. The van der Waals surface area contributed by atoms with Gasteiger partial charge in [0.2, 0.25) is 0 Å². The third-order valence-electron chi connectivity index (χ3n) is 2.70. The van der Waals surface area contributed by atoms with Gasteiger partial charge in [-0.05, 0) is 46.8 Å². The molecule has 78 valence electrons. The van der Waals surface area contributed by atoms with Gasteiger partial charge in [0.25, 0.3) is 0 Å². The summed E-state index contributed by atoms with van der Waals surface area (Å²) in [6.45, 7) is 2.20. The Hall–Kier alpha value is -0.460. The van der Waals surface area contributed by atoms with Crippen molar-refractivity contribution in [1.82, 2.24) is 0 Å². The summed E-state index contributed by atoms with van der Waals surface area (Å²) in [6, 6.07) is 10.6. The van der Waals surface area contributed by atoms with Gasteiger partial charge >= 0.3 is 0 Å². The highest BCUT2D eigenvalue weighted by atomic mass is 79.9. The lowest BCUT2D eigenvalue weighted by molar-refractivity contribution is 0.303. The lowest BCUT2D eigenvalue weighted by atomic mass is 9.76. The minimum atomic E-state index is -0.177. The first-order chi connectivity index (χ1) is 7.15. The van der Waals surface area contributed by atoms with Gasteiger partial charge in [-0.1, -0.05) is 19.1 Å². The maximum Gasteiger partial charge on any atom is 0.108 e. The summed E-state index contributed by atoms with van der Waals surface area (Å²) in [5, 5.41) is 9.22. The molecule has 1 aliphatic rings. The minimum Gasteiger partial charge on any atom is -0.197 e. The van der Waals surface area contributed by atoms with E-state index in [1.807, 2.05) is 18.2 Å². The van der Waals surface area contributed by atoms with Crippen LogP contribution in [0.25, 0.3) is 0 Å². The van der Waals surface area contributed by atoms with Crippen LogP contribution in [-0.2, 0) is 0 Å². The summed E-state index contributed by atoms with van der Waals surface area (Å²) in [4.78, 5) is 1.17. The molecule has 3 heteroatoms. The van der Waals surface area contributed by atoms with Crippen LogP contribution in [0.1, 0.15) is 19.8 Å². The normalized spacial score (nSPS) is 29.3. The largest absolute Gasteiger partial charge is 0.197 e. The second kappa shape index (κ2) is 4.19. The first-order valence-electron chi connectivity index (χ1n) is 5.00. The van der Waals surface area contributed by atoms with Crippen LogP contribution in [-0.4, -0.2) is 4.75 Å². The van der Waals surface area contributed by atoms with Crippen LogP contribution < -0.4 is 0 Å². The van der Waals surface area contributed by atoms with Gasteiger partial charge in [0.1, 0.15) is 4.75 Å². The van der Waals surface area contributed by atoms with Crippen molar-refractivity contribution in [2.45, 2.75) is 29.4 Å². The Morgan fingerprint density at radius 3 is 2.67 bits per heavy atom. The SMILES string of the molecule is CC1CC(C#N)(Sc2ccccc2Br)C1. The fourth-order valence-electron chi connectivity index (χ4n) is 2.00. The topological polar surface area (TPSA) is 23.8 Å². The van der Waals surface area contributed by atoms with Gasteiger partial charge in [0.15, 0.2) is 0 Å². The highest BCUT2D eigenvalue weighted by Gasteiger charge is 2.43. The summed E-state index contributed by atoms with van der Waals surface area (Å²) in [5.41, 5.74) is 0. The van der Waals surface area contributed by atoms with Gasteiger partial charge in [0, 0.05) is 9.37 Å². The third kappa shape index (κ3) is 2.21. The van der Waals surface area contributed by atoms with Crippen molar-refractivity contribution in [1.29, 1.82) is 5.26 Å². The fraction of sp³-hybridized carbons (Fsp3) is 0.417. The summed E-state index contributed by atoms with van der Waals surface area (Å²) < 4.78 is 0.910. The molecule has 0 N–H and O–H groups in total. The van der Waals surface area contributed by atoms with Gasteiger partial charge in [-0.25, -0.2) is 0 Å². The highest BCUT2D eigenvalue weighted by Crippen LogP contribution is 2.51. The van der Waals surface area contributed by atoms with Crippen LogP contribution in [0.2, 0.25) is 0 Å². The van der Waals surface area contributed by atoms with Crippen LogP contribution in [0.4, 0.5) is 0 Å². The van der Waals surface area contributed by atoms with Crippen LogP contribution in [0.15, 0.2) is 33.6 Å². The fourth-order valence-corrected chi connectivity index (χ4v) is 4.04. The second-order valence-corrected chi connectivity index (χ2v) is 6.43. The molecule has 0 atom stereocenters. The van der Waals surface area contributed by atoms with Gasteiger partial charge < -0.3 is 0 Å². The number of benzene rings is 1. The maximum absolute atomic E-state index is 9.22. The predicted molar refractivity (Wildman–Crippen MR) is 66.7 cm³/mol. The number of hydrogen-bond acceptors (Lipinski definition) is 2. The van der Waals surface area contributed by atoms with Gasteiger partial charge in [-0.2, -0.15) is 5.26 Å². The molecule has 15 heavy (non-hydrogen) atoms. The van der Waals surface area contributed by atoms with E-state index < -0.39 is 0 Å². The molecule has 1 fully saturated rings. The quantitative estimate of drug-likeness (QED) is 0.810. The van der Waals surface area contributed by atoms with Crippen molar-refractivity contribution >= 4 is 27.7 Å². The number of hydrogen-bond donors (Lipinski definition) is 0. The van der Waals surface area contributed by atoms with E-state index >= 15 is 0 Å². The molecular formula is C12H12BrNS. The predicted octanol–water partition coefficient (Wildman–Crippen LogP) is 4.23. The monoisotopic (exact) mass is 281 g/mol. The van der Waals surface area contributed by atoms with E-state index in [1.54, 1.807) is 11.8 Å². The molecule has 0 bridgehead atoms. The smallest absolute Gasteiger partial charge is 0.108 e. The molecule has 0 saturated heterocycles. The summed E-state index contributed by atoms with van der Waals surface area (Å²) >= 11 is 5.22. The summed E-state index contributed by atoms with van der Waals surface area (Å²) in [5.74, 6) is 0.694. The molecule has 0 aromatic heterocycles. The van der Waals surface area contributed by atoms with Crippen LogP contribution >= 0.6 is 27.7 Å². The first-order valence-corrected chi connectivity index (χ1v) is 6.61. The molecule has 1 aromatic carbocycles. The third-order valence-corrected chi connectivity index (χ3v) is 5.05. The number of rotatable bonds is 2. The van der Waals surface area contributed by atoms with Crippen molar-refractivity contribution in [3.8, 4) is 6.07 Å². The molecule has 0 heterocycles. The van der Waals surface area contributed by atoms with Gasteiger partial charge in [-0.15, -0.1) is 11.8 Å². The van der Waals surface area contributed by atoms with E-state index in [4.69, 9.17) is 0 Å². The van der Waals surface area contributed by atoms with Crippen molar-refractivity contribution in [2.24, 2.45) is 5.92 Å². The Bertz CT molecular complexity index is 404. The Labute approximate surface area is 103 Å². The highest BCUT2D eigenvalue weighted by molar-refractivity contribution is 9.10. The van der Waals surface area contributed by atoms with Crippen molar-refractivity contribution < 1.29 is 0 Å². The average molecular weight is 282 g/mol. The van der Waals surface area contributed by atoms with Crippen molar-refractivity contribution in [2.75, 3.05) is 0 Å². The zero-order valence-corrected chi connectivity index (χ0v) is 10.9. The van der Waals surface area contributed by atoms with E-state index in [0.29, 0.717) is 5.92 Å². The van der Waals surface area contributed by atoms with E-state index in [1.165, 1.54) is 4.90 Å². The Balaban J connectivity index is 2.16. The molecule has 0 spiro atoms. The molecule has 0 radical (unpaired) electrons. The number of nitriles is 1. The zero-order valence-electron chi connectivity index (χ0n) is 8.53. The average Bonchev–Trinajstić information content (AvgIpc) is 2.18. The molecule has 0 unspecified atom stereocenters. The van der Waals surface area contributed by atoms with Crippen LogP contribution in [0.5, 0.6) is 0 Å². The molecular weight excluding hydrogens is 270 g/mol. The molecule has 1 aliphatic carbocycles. The molecule has 0 amide bonds. The van der Waals surface area contributed by atoms with Crippen LogP contribution in [0.3, 0.4) is 0 Å². The Kier molecular flexibility index (Phi) is 3.08. The van der Waals surface area contributed by atoms with E-state index in [-0.39, 0.29) is 4.75 Å². The number of halogens is 1. The molecule has 0 aliphatic heterocycles. The molecule has 1 aromatic rings. The zero-order chi connectivity index (χ0) is 10.9. The van der Waals surface area contributed by atoms with Gasteiger partial charge in [-0.3, -0.25) is 0 Å². The van der Waals surface area contributed by atoms with Crippen molar-refractivity contribution in [3.63, 3.8) is 0 Å². The Morgan fingerprint density at radius 1 is 1.47 bits per heavy atom. The van der Waals surface area contributed by atoms with E-state index in [0.717, 1.165) is 17.3 Å². The van der Waals surface area contributed by atoms with E-state index in [2.05, 4.69) is 35.0 Å². The second-order valence-electron chi connectivity index (χ2n) is 4.15. The molecule has 1 saturated carbocycles. The molecule has 1 nitrogen and oxygen atoms in total. The Morgan fingerprint density at radius 2 is 2.13 bits per heavy atom. The van der Waals surface area contributed by atoms with Gasteiger partial charge in [0.05, 0.1) is 6.07 Å². The number of nitrogens with zero attached hydrogens (tertiary/aromatic N) is 1. The minimum absolute atomic E-state index is 0.177. The maximum atomic E-state index is 9.22. The summed E-state index contributed by atoms with van der Waals surface area (Å²) in [7, 11) is 0. The van der Waals surface area contributed by atoms with E-state index in [9.17, 15) is 5.26 Å².